The van der Waals surface area contributed by atoms with Crippen LogP contribution < -0.4 is 0 Å². The Balaban J connectivity index is 1.19. The zero-order valence-corrected chi connectivity index (χ0v) is 25.6. The lowest BCUT2D eigenvalue weighted by Crippen LogP contribution is -2.00. The summed E-state index contributed by atoms with van der Waals surface area (Å²) >= 11 is 0. The molecule has 0 unspecified atom stereocenters. The van der Waals surface area contributed by atoms with Crippen molar-refractivity contribution in [3.05, 3.63) is 152 Å². The van der Waals surface area contributed by atoms with Crippen LogP contribution in [0, 0.1) is 0 Å². The lowest BCUT2D eigenvalue weighted by atomic mass is 9.99. The van der Waals surface area contributed by atoms with Gasteiger partial charge in [-0.15, -0.1) is 0 Å². The maximum Gasteiger partial charge on any atom is 0.164 e. The molecule has 224 valence electrons. The molecule has 0 bridgehead atoms. The second kappa shape index (κ2) is 10.5. The molecule has 0 aliphatic heterocycles. The summed E-state index contributed by atoms with van der Waals surface area (Å²) in [5.74, 6) is 1.76. The lowest BCUT2D eigenvalue weighted by Gasteiger charge is -2.10. The average Bonchev–Trinajstić information content (AvgIpc) is 3.73. The minimum absolute atomic E-state index is 0.579. The van der Waals surface area contributed by atoms with E-state index in [0.29, 0.717) is 17.5 Å². The molecule has 5 nitrogen and oxygen atoms in total. The van der Waals surface area contributed by atoms with Gasteiger partial charge in [0, 0.05) is 38.2 Å². The number of furan rings is 2. The Morgan fingerprint density at radius 2 is 0.896 bits per heavy atom. The van der Waals surface area contributed by atoms with Crippen molar-refractivity contribution in [1.29, 1.82) is 0 Å². The molecule has 3 aromatic heterocycles. The van der Waals surface area contributed by atoms with Crippen LogP contribution in [-0.2, 0) is 0 Å². The van der Waals surface area contributed by atoms with Gasteiger partial charge in [-0.2, -0.15) is 0 Å². The highest BCUT2D eigenvalue weighted by Crippen LogP contribution is 2.40. The summed E-state index contributed by atoms with van der Waals surface area (Å²) in [6, 6.07) is 51.7. The molecule has 0 radical (unpaired) electrons. The Bertz CT molecular complexity index is 2850. The molecular formula is C43H25N3O2. The van der Waals surface area contributed by atoms with Gasteiger partial charge < -0.3 is 8.83 Å². The van der Waals surface area contributed by atoms with Crippen molar-refractivity contribution in [2.75, 3.05) is 0 Å². The highest BCUT2D eigenvalue weighted by atomic mass is 16.3. The predicted molar refractivity (Wildman–Crippen MR) is 194 cm³/mol. The van der Waals surface area contributed by atoms with Crippen LogP contribution >= 0.6 is 0 Å². The van der Waals surface area contributed by atoms with E-state index in [1.165, 1.54) is 10.8 Å². The summed E-state index contributed by atoms with van der Waals surface area (Å²) in [5.41, 5.74) is 8.15. The zero-order valence-electron chi connectivity index (χ0n) is 25.6. The molecule has 0 saturated heterocycles. The summed E-state index contributed by atoms with van der Waals surface area (Å²) < 4.78 is 12.7. The average molecular weight is 616 g/mol. The van der Waals surface area contributed by atoms with E-state index in [2.05, 4.69) is 78.9 Å². The van der Waals surface area contributed by atoms with E-state index in [1.54, 1.807) is 0 Å². The fourth-order valence-corrected chi connectivity index (χ4v) is 6.85. The first-order valence-electron chi connectivity index (χ1n) is 15.9. The smallest absolute Gasteiger partial charge is 0.164 e. The quantitative estimate of drug-likeness (QED) is 0.197. The number of para-hydroxylation sites is 1. The Morgan fingerprint density at radius 1 is 0.333 bits per heavy atom. The van der Waals surface area contributed by atoms with Gasteiger partial charge >= 0.3 is 0 Å². The van der Waals surface area contributed by atoms with E-state index >= 15 is 0 Å². The Labute approximate surface area is 274 Å². The Morgan fingerprint density at radius 3 is 1.67 bits per heavy atom. The van der Waals surface area contributed by atoms with Gasteiger partial charge in [-0.1, -0.05) is 115 Å². The zero-order chi connectivity index (χ0) is 31.6. The highest BCUT2D eigenvalue weighted by molar-refractivity contribution is 6.13. The standard InChI is InChI=1S/C43H25N3O2/c1-2-11-27(12-3-1)41-44-42(33-15-8-18-36-39(33)31-14-6-7-17-35(31)47-36)46-43(45-41)34-16-9-19-37-40(34)32-23-22-30(25-38(32)48-37)29-21-20-26-10-4-5-13-28(26)24-29/h1-25H. The summed E-state index contributed by atoms with van der Waals surface area (Å²) in [4.78, 5) is 15.3. The largest absolute Gasteiger partial charge is 0.456 e. The summed E-state index contributed by atoms with van der Waals surface area (Å²) in [6.07, 6.45) is 0. The fourth-order valence-electron chi connectivity index (χ4n) is 6.85. The molecule has 0 aliphatic carbocycles. The third kappa shape index (κ3) is 4.22. The maximum absolute atomic E-state index is 6.51. The molecule has 0 aliphatic rings. The molecule has 0 amide bonds. The molecule has 10 rings (SSSR count). The minimum Gasteiger partial charge on any atom is -0.456 e. The maximum atomic E-state index is 6.51. The third-order valence-electron chi connectivity index (χ3n) is 9.13. The monoisotopic (exact) mass is 615 g/mol. The van der Waals surface area contributed by atoms with Crippen LogP contribution in [0.5, 0.6) is 0 Å². The topological polar surface area (TPSA) is 65.0 Å². The van der Waals surface area contributed by atoms with Crippen molar-refractivity contribution in [1.82, 2.24) is 15.0 Å². The van der Waals surface area contributed by atoms with Crippen LogP contribution in [0.3, 0.4) is 0 Å². The molecule has 48 heavy (non-hydrogen) atoms. The molecule has 5 heteroatoms. The SMILES string of the molecule is c1ccc(-c2nc(-c3cccc4oc5ccccc5c34)nc(-c3cccc4oc5cc(-c6ccc7ccccc7c6)ccc5c34)n2)cc1. The van der Waals surface area contributed by atoms with Gasteiger partial charge in [0.25, 0.3) is 0 Å². The van der Waals surface area contributed by atoms with E-state index in [4.69, 9.17) is 23.8 Å². The van der Waals surface area contributed by atoms with Crippen LogP contribution in [0.2, 0.25) is 0 Å². The van der Waals surface area contributed by atoms with E-state index in [9.17, 15) is 0 Å². The van der Waals surface area contributed by atoms with Gasteiger partial charge in [-0.3, -0.25) is 0 Å². The molecule has 7 aromatic carbocycles. The minimum atomic E-state index is 0.579. The fraction of sp³-hybridized carbons (Fsp3) is 0. The van der Waals surface area contributed by atoms with E-state index in [-0.39, 0.29) is 0 Å². The number of fused-ring (bicyclic) bond motifs is 7. The van der Waals surface area contributed by atoms with Gasteiger partial charge in [0.2, 0.25) is 0 Å². The Hall–Kier alpha value is -6.59. The molecule has 0 N–H and O–H groups in total. The number of nitrogens with zero attached hydrogens (tertiary/aromatic N) is 3. The van der Waals surface area contributed by atoms with Crippen LogP contribution in [-0.4, -0.2) is 15.0 Å². The number of aromatic nitrogens is 3. The van der Waals surface area contributed by atoms with E-state index in [0.717, 1.165) is 71.7 Å². The number of benzene rings is 7. The second-order valence-corrected chi connectivity index (χ2v) is 12.0. The van der Waals surface area contributed by atoms with Gasteiger partial charge in [0.1, 0.15) is 22.3 Å². The summed E-state index contributed by atoms with van der Waals surface area (Å²) in [5, 5.41) is 6.42. The van der Waals surface area contributed by atoms with Crippen molar-refractivity contribution < 1.29 is 8.83 Å². The first kappa shape index (κ1) is 26.6. The van der Waals surface area contributed by atoms with E-state index in [1.807, 2.05) is 72.8 Å². The molecule has 0 fully saturated rings. The van der Waals surface area contributed by atoms with Gasteiger partial charge in [0.15, 0.2) is 17.5 Å². The van der Waals surface area contributed by atoms with E-state index < -0.39 is 0 Å². The second-order valence-electron chi connectivity index (χ2n) is 12.0. The first-order chi connectivity index (χ1) is 23.8. The Kier molecular flexibility index (Phi) is 5.81. The number of rotatable bonds is 4. The summed E-state index contributed by atoms with van der Waals surface area (Å²) in [7, 11) is 0. The highest BCUT2D eigenvalue weighted by Gasteiger charge is 2.20. The predicted octanol–water partition coefficient (Wildman–Crippen LogP) is 11.5. The number of hydrogen-bond donors (Lipinski definition) is 0. The first-order valence-corrected chi connectivity index (χ1v) is 15.9. The van der Waals surface area contributed by atoms with Crippen molar-refractivity contribution in [3.8, 4) is 45.3 Å². The summed E-state index contributed by atoms with van der Waals surface area (Å²) in [6.45, 7) is 0. The molecule has 0 saturated carbocycles. The molecule has 10 aromatic rings. The van der Waals surface area contributed by atoms with Crippen molar-refractivity contribution >= 4 is 54.6 Å². The third-order valence-corrected chi connectivity index (χ3v) is 9.13. The van der Waals surface area contributed by atoms with Gasteiger partial charge in [-0.25, -0.2) is 15.0 Å². The molecule has 3 heterocycles. The van der Waals surface area contributed by atoms with Crippen LogP contribution in [0.4, 0.5) is 0 Å². The normalized spacial score (nSPS) is 11.8. The van der Waals surface area contributed by atoms with Gasteiger partial charge in [0.05, 0.1) is 0 Å². The van der Waals surface area contributed by atoms with Crippen LogP contribution in [0.1, 0.15) is 0 Å². The van der Waals surface area contributed by atoms with Crippen molar-refractivity contribution in [3.63, 3.8) is 0 Å². The van der Waals surface area contributed by atoms with Crippen LogP contribution in [0.25, 0.3) is 99.9 Å². The van der Waals surface area contributed by atoms with Crippen molar-refractivity contribution in [2.24, 2.45) is 0 Å². The number of hydrogen-bond acceptors (Lipinski definition) is 5. The lowest BCUT2D eigenvalue weighted by molar-refractivity contribution is 0.668. The molecule has 0 atom stereocenters. The molecule has 0 spiro atoms. The van der Waals surface area contributed by atoms with Crippen molar-refractivity contribution in [2.45, 2.75) is 0 Å². The molecular weight excluding hydrogens is 590 g/mol. The van der Waals surface area contributed by atoms with Crippen LogP contribution in [0.15, 0.2) is 160 Å². The van der Waals surface area contributed by atoms with Gasteiger partial charge in [-0.05, 0) is 58.3 Å².